The van der Waals surface area contributed by atoms with Gasteiger partial charge in [0.25, 0.3) is 5.91 Å². The molecule has 1 aromatic carbocycles. The van der Waals surface area contributed by atoms with Crippen LogP contribution in [0.25, 0.3) is 0 Å². The van der Waals surface area contributed by atoms with Gasteiger partial charge in [-0.25, -0.2) is 4.98 Å². The first-order valence-electron chi connectivity index (χ1n) is 8.23. The fourth-order valence-corrected chi connectivity index (χ4v) is 2.81. The Bertz CT molecular complexity index is 967. The third-order valence-electron chi connectivity index (χ3n) is 4.32. The Labute approximate surface area is 167 Å². The van der Waals surface area contributed by atoms with Gasteiger partial charge in [0.05, 0.1) is 11.6 Å². The van der Waals surface area contributed by atoms with Crippen molar-refractivity contribution in [3.63, 3.8) is 0 Å². The number of aliphatic imine (C=N–C) groups is 1. The van der Waals surface area contributed by atoms with Gasteiger partial charge < -0.3 is 15.8 Å². The summed E-state index contributed by atoms with van der Waals surface area (Å²) in [5.41, 5.74) is 4.68. The first kappa shape index (κ1) is 21.0. The molecule has 154 valence electrons. The number of nitrogens with zero attached hydrogens (tertiary/aromatic N) is 2. The number of benzene rings is 1. The summed E-state index contributed by atoms with van der Waals surface area (Å²) in [6.45, 7) is 0.733. The summed E-state index contributed by atoms with van der Waals surface area (Å²) in [5.74, 6) is -5.98. The van der Waals surface area contributed by atoms with Crippen molar-refractivity contribution in [1.29, 1.82) is 0 Å². The highest BCUT2D eigenvalue weighted by molar-refractivity contribution is 6.30. The molecule has 2 heterocycles. The largest absolute Gasteiger partial charge is 0.456 e. The normalized spacial score (nSPS) is 24.7. The van der Waals surface area contributed by atoms with Crippen molar-refractivity contribution in [1.82, 2.24) is 4.98 Å². The lowest BCUT2D eigenvalue weighted by Gasteiger charge is -2.38. The highest BCUT2D eigenvalue weighted by atomic mass is 35.5. The lowest BCUT2D eigenvalue weighted by Crippen LogP contribution is -2.59. The zero-order valence-electron chi connectivity index (χ0n) is 14.9. The quantitative estimate of drug-likeness (QED) is 0.724. The van der Waals surface area contributed by atoms with Crippen LogP contribution in [0.3, 0.4) is 0 Å². The van der Waals surface area contributed by atoms with E-state index < -0.39 is 35.9 Å². The van der Waals surface area contributed by atoms with Gasteiger partial charge in [-0.05, 0) is 36.8 Å². The van der Waals surface area contributed by atoms with Crippen LogP contribution in [-0.4, -0.2) is 35.4 Å². The van der Waals surface area contributed by atoms with Gasteiger partial charge in [-0.3, -0.25) is 9.79 Å². The molecule has 0 aliphatic carbocycles. The molecule has 6 nitrogen and oxygen atoms in total. The number of hydrogen-bond donors (Lipinski definition) is 2. The average molecular weight is 431 g/mol. The predicted molar refractivity (Wildman–Crippen MR) is 98.5 cm³/mol. The van der Waals surface area contributed by atoms with E-state index in [9.17, 15) is 22.4 Å². The molecule has 1 aliphatic heterocycles. The first-order valence-corrected chi connectivity index (χ1v) is 8.61. The van der Waals surface area contributed by atoms with Crippen LogP contribution in [0.15, 0.2) is 47.6 Å². The van der Waals surface area contributed by atoms with Gasteiger partial charge >= 0.3 is 12.0 Å². The maximum absolute atomic E-state index is 14.1. The van der Waals surface area contributed by atoms with E-state index in [-0.39, 0.29) is 5.69 Å². The fourth-order valence-electron chi connectivity index (χ4n) is 2.70. The average Bonchev–Trinajstić information content (AvgIpc) is 2.65. The molecule has 2 atom stereocenters. The number of hydrogen-bond acceptors (Lipinski definition) is 5. The summed E-state index contributed by atoms with van der Waals surface area (Å²) < 4.78 is 57.3. The Hall–Kier alpha value is -2.72. The summed E-state index contributed by atoms with van der Waals surface area (Å²) in [7, 11) is 0. The van der Waals surface area contributed by atoms with E-state index in [4.69, 9.17) is 17.3 Å². The second kappa shape index (κ2) is 7.27. The molecule has 2 aromatic rings. The van der Waals surface area contributed by atoms with Crippen LogP contribution >= 0.6 is 11.6 Å². The molecule has 29 heavy (non-hydrogen) atoms. The number of anilines is 1. The Morgan fingerprint density at radius 3 is 2.62 bits per heavy atom. The number of pyridine rings is 1. The molecule has 1 amide bonds. The van der Waals surface area contributed by atoms with Gasteiger partial charge in [-0.1, -0.05) is 23.7 Å². The lowest BCUT2D eigenvalue weighted by molar-refractivity contribution is -0.306. The molecule has 1 aliphatic rings. The second-order valence-corrected chi connectivity index (χ2v) is 6.99. The van der Waals surface area contributed by atoms with Crippen molar-refractivity contribution in [3.8, 4) is 0 Å². The first-order chi connectivity index (χ1) is 13.4. The number of carbonyl (C=O) groups is 1. The number of halogens is 5. The van der Waals surface area contributed by atoms with Gasteiger partial charge in [0.1, 0.15) is 11.2 Å². The molecule has 3 rings (SSSR count). The van der Waals surface area contributed by atoms with Gasteiger partial charge in [0.2, 0.25) is 0 Å². The molecule has 0 radical (unpaired) electrons. The van der Waals surface area contributed by atoms with Crippen molar-refractivity contribution < 1.29 is 27.1 Å². The maximum atomic E-state index is 14.1. The molecule has 3 N–H and O–H groups in total. The summed E-state index contributed by atoms with van der Waals surface area (Å²) in [6.07, 6.45) is -4.04. The van der Waals surface area contributed by atoms with Crippen molar-refractivity contribution in [3.05, 3.63) is 58.9 Å². The summed E-state index contributed by atoms with van der Waals surface area (Å²) in [5, 5.41) is 2.97. The van der Waals surface area contributed by atoms with Crippen LogP contribution in [0, 0.1) is 0 Å². The van der Waals surface area contributed by atoms with E-state index in [1.165, 1.54) is 31.3 Å². The van der Waals surface area contributed by atoms with Crippen molar-refractivity contribution in [2.75, 3.05) is 11.9 Å². The topological polar surface area (TPSA) is 89.6 Å². The Kier molecular flexibility index (Phi) is 5.26. The number of amidine groups is 1. The fraction of sp³-hybridized carbons (Fsp3) is 0.278. The van der Waals surface area contributed by atoms with Gasteiger partial charge in [-0.15, -0.1) is 0 Å². The number of carbonyl (C=O) groups excluding carboxylic acids is 1. The monoisotopic (exact) mass is 430 g/mol. The minimum absolute atomic E-state index is 0.113. The summed E-state index contributed by atoms with van der Waals surface area (Å²) in [6, 6.07) is 9.08. The number of alkyl halides is 4. The number of aromatic nitrogens is 1. The van der Waals surface area contributed by atoms with E-state index in [0.717, 1.165) is 0 Å². The molecule has 11 heteroatoms. The van der Waals surface area contributed by atoms with E-state index in [1.54, 1.807) is 18.2 Å². The Morgan fingerprint density at radius 1 is 1.31 bits per heavy atom. The highest BCUT2D eigenvalue weighted by Crippen LogP contribution is 2.42. The zero-order valence-corrected chi connectivity index (χ0v) is 15.7. The van der Waals surface area contributed by atoms with Crippen LogP contribution in [-0.2, 0) is 10.3 Å². The minimum Gasteiger partial charge on any atom is -0.382 e. The number of rotatable bonds is 3. The molecule has 0 spiro atoms. The van der Waals surface area contributed by atoms with E-state index in [1.807, 2.05) is 0 Å². The smallest absolute Gasteiger partial charge is 0.382 e. The maximum Gasteiger partial charge on any atom is 0.456 e. The Morgan fingerprint density at radius 2 is 2.03 bits per heavy atom. The Balaban J connectivity index is 1.86. The van der Waals surface area contributed by atoms with Crippen molar-refractivity contribution in [2.24, 2.45) is 10.7 Å². The van der Waals surface area contributed by atoms with Crippen LogP contribution in [0.1, 0.15) is 23.0 Å². The molecular formula is C18H15ClF4N4O2. The molecule has 1 aromatic heterocycles. The van der Waals surface area contributed by atoms with E-state index >= 15 is 0 Å². The van der Waals surface area contributed by atoms with E-state index in [2.05, 4.69) is 20.0 Å². The number of nitrogens with one attached hydrogen (secondary N) is 1. The molecular weight excluding hydrogens is 416 g/mol. The van der Waals surface area contributed by atoms with Crippen LogP contribution < -0.4 is 11.1 Å². The molecule has 0 unspecified atom stereocenters. The molecule has 0 saturated heterocycles. The van der Waals surface area contributed by atoms with Crippen LogP contribution in [0.5, 0.6) is 0 Å². The third kappa shape index (κ3) is 4.03. The summed E-state index contributed by atoms with van der Waals surface area (Å²) in [4.78, 5) is 19.9. The van der Waals surface area contributed by atoms with Crippen molar-refractivity contribution >= 4 is 29.0 Å². The second-order valence-electron chi connectivity index (χ2n) is 6.55. The van der Waals surface area contributed by atoms with E-state index in [0.29, 0.717) is 16.3 Å². The zero-order chi connectivity index (χ0) is 21.4. The SMILES string of the molecule is C[C@@]1(c2cccc(NC(=O)c3ccc(Cl)cn3)c2)CO[C@](F)(C(F)(F)F)C(N)=N1. The van der Waals surface area contributed by atoms with Gasteiger partial charge in [0.15, 0.2) is 5.84 Å². The molecule has 0 saturated carbocycles. The molecule has 0 fully saturated rings. The van der Waals surface area contributed by atoms with Crippen molar-refractivity contribution in [2.45, 2.75) is 24.5 Å². The number of ether oxygens (including phenoxy) is 1. The standard InChI is InChI=1S/C18H15ClF4N4O2/c1-16(9-29-17(20,15(24)27-16)18(21,22)23)10-3-2-4-12(7-10)26-14(28)13-6-5-11(19)8-25-13/h2-8H,9H2,1H3,(H2,24,27)(H,26,28)/t16-,17-/m0/s1. The van der Waals surface area contributed by atoms with Gasteiger partial charge in [0, 0.05) is 11.9 Å². The van der Waals surface area contributed by atoms with Gasteiger partial charge in [-0.2, -0.15) is 17.6 Å². The third-order valence-corrected chi connectivity index (χ3v) is 4.54. The highest BCUT2D eigenvalue weighted by Gasteiger charge is 2.63. The minimum atomic E-state index is -5.36. The predicted octanol–water partition coefficient (Wildman–Crippen LogP) is 3.82. The van der Waals surface area contributed by atoms with Crippen LogP contribution in [0.4, 0.5) is 23.2 Å². The number of nitrogens with two attached hydrogens (primary N) is 1. The number of amides is 1. The summed E-state index contributed by atoms with van der Waals surface area (Å²) >= 11 is 5.73. The lowest BCUT2D eigenvalue weighted by atomic mass is 9.91. The van der Waals surface area contributed by atoms with Crippen LogP contribution in [0.2, 0.25) is 5.02 Å². The molecule has 0 bridgehead atoms.